The molecule has 1 saturated carbocycles. The molecule has 2 nitrogen and oxygen atoms in total. The Kier molecular flexibility index (Phi) is 3.21. The molecule has 2 aliphatic rings. The molecule has 1 fully saturated rings. The van der Waals surface area contributed by atoms with Gasteiger partial charge >= 0.3 is 0 Å². The Bertz CT molecular complexity index is 452. The van der Waals surface area contributed by atoms with Gasteiger partial charge in [0.25, 0.3) is 0 Å². The van der Waals surface area contributed by atoms with Crippen LogP contribution in [0.15, 0.2) is 24.3 Å². The number of carbonyl (C=O) groups is 1. The Labute approximate surface area is 108 Å². The van der Waals surface area contributed by atoms with E-state index in [0.29, 0.717) is 30.8 Å². The highest BCUT2D eigenvalue weighted by Gasteiger charge is 2.56. The second kappa shape index (κ2) is 4.85. The van der Waals surface area contributed by atoms with Crippen LogP contribution in [0.5, 0.6) is 0 Å². The maximum atomic E-state index is 12.1. The molecule has 0 aromatic heterocycles. The average Bonchev–Trinajstić information content (AvgIpc) is 3.14. The fraction of sp³-hybridized carbons (Fsp3) is 0.562. The summed E-state index contributed by atoms with van der Waals surface area (Å²) in [5, 5.41) is 0. The van der Waals surface area contributed by atoms with Crippen molar-refractivity contribution in [3.8, 4) is 0 Å². The van der Waals surface area contributed by atoms with Crippen molar-refractivity contribution in [2.45, 2.75) is 32.1 Å². The molecule has 0 radical (unpaired) electrons. The lowest BCUT2D eigenvalue weighted by Crippen LogP contribution is -2.12. The van der Waals surface area contributed by atoms with Gasteiger partial charge in [-0.05, 0) is 42.2 Å². The topological polar surface area (TPSA) is 26.3 Å². The lowest BCUT2D eigenvalue weighted by atomic mass is 9.92. The first-order valence-electron chi connectivity index (χ1n) is 7.01. The highest BCUT2D eigenvalue weighted by molar-refractivity contribution is 5.87. The summed E-state index contributed by atoms with van der Waals surface area (Å²) >= 11 is 0. The number of rotatable bonds is 5. The molecular formula is C16H20O2. The first-order valence-corrected chi connectivity index (χ1v) is 7.01. The van der Waals surface area contributed by atoms with Crippen LogP contribution in [-0.4, -0.2) is 19.0 Å². The lowest BCUT2D eigenvalue weighted by molar-refractivity contribution is -0.125. The third-order valence-corrected chi connectivity index (χ3v) is 4.29. The van der Waals surface area contributed by atoms with Gasteiger partial charge in [0.1, 0.15) is 6.61 Å². The molecule has 1 aromatic rings. The van der Waals surface area contributed by atoms with Crippen LogP contribution in [0.4, 0.5) is 0 Å². The summed E-state index contributed by atoms with van der Waals surface area (Å²) < 4.78 is 5.39. The second-order valence-corrected chi connectivity index (χ2v) is 5.47. The summed E-state index contributed by atoms with van der Waals surface area (Å²) in [4.78, 5) is 12.1. The molecule has 0 saturated heterocycles. The van der Waals surface area contributed by atoms with Gasteiger partial charge in [-0.1, -0.05) is 31.2 Å². The standard InChI is InChI=1S/C16H20O2/c1-2-9-18-10-14(17)16-13-8-7-11-5-3-4-6-12(11)15(13)16/h3-6,13,15-16H,2,7-10H2,1H3. The Hall–Kier alpha value is -1.15. The number of hydrogen-bond donors (Lipinski definition) is 0. The molecule has 3 atom stereocenters. The smallest absolute Gasteiger partial charge is 0.162 e. The Morgan fingerprint density at radius 1 is 1.39 bits per heavy atom. The molecule has 0 bridgehead atoms. The summed E-state index contributed by atoms with van der Waals surface area (Å²) in [7, 11) is 0. The Morgan fingerprint density at radius 3 is 3.06 bits per heavy atom. The lowest BCUT2D eigenvalue weighted by Gasteiger charge is -2.13. The number of benzene rings is 1. The fourth-order valence-electron chi connectivity index (χ4n) is 3.42. The Balaban J connectivity index is 1.67. The molecule has 0 N–H and O–H groups in total. The molecule has 18 heavy (non-hydrogen) atoms. The number of carbonyl (C=O) groups excluding carboxylic acids is 1. The van der Waals surface area contributed by atoms with Gasteiger partial charge in [-0.2, -0.15) is 0 Å². The summed E-state index contributed by atoms with van der Waals surface area (Å²) in [6.45, 7) is 3.08. The highest BCUT2D eigenvalue weighted by Crippen LogP contribution is 2.60. The van der Waals surface area contributed by atoms with Crippen LogP contribution in [0.25, 0.3) is 0 Å². The number of Topliss-reactive ketones (excluding diaryl/α,β-unsaturated/α-hetero) is 1. The van der Waals surface area contributed by atoms with Crippen LogP contribution in [-0.2, 0) is 16.0 Å². The van der Waals surface area contributed by atoms with E-state index in [1.165, 1.54) is 17.5 Å². The number of fused-ring (bicyclic) bond motifs is 3. The van der Waals surface area contributed by atoms with Gasteiger partial charge in [0.05, 0.1) is 0 Å². The minimum absolute atomic E-state index is 0.241. The van der Waals surface area contributed by atoms with E-state index in [2.05, 4.69) is 31.2 Å². The van der Waals surface area contributed by atoms with Crippen molar-refractivity contribution >= 4 is 5.78 Å². The monoisotopic (exact) mass is 244 g/mol. The largest absolute Gasteiger partial charge is 0.374 e. The van der Waals surface area contributed by atoms with E-state index in [0.717, 1.165) is 12.8 Å². The summed E-state index contributed by atoms with van der Waals surface area (Å²) in [5.41, 5.74) is 2.87. The fourth-order valence-corrected chi connectivity index (χ4v) is 3.42. The van der Waals surface area contributed by atoms with Crippen LogP contribution >= 0.6 is 0 Å². The van der Waals surface area contributed by atoms with Crippen LogP contribution < -0.4 is 0 Å². The van der Waals surface area contributed by atoms with Crippen LogP contribution in [0, 0.1) is 11.8 Å². The Morgan fingerprint density at radius 2 is 2.22 bits per heavy atom. The van der Waals surface area contributed by atoms with Gasteiger partial charge in [0.2, 0.25) is 0 Å². The van der Waals surface area contributed by atoms with E-state index in [9.17, 15) is 4.79 Å². The van der Waals surface area contributed by atoms with Crippen molar-refractivity contribution in [2.75, 3.05) is 13.2 Å². The summed E-state index contributed by atoms with van der Waals surface area (Å²) in [6.07, 6.45) is 3.29. The van der Waals surface area contributed by atoms with E-state index in [1.807, 2.05) is 0 Å². The molecular weight excluding hydrogens is 224 g/mol. The molecule has 3 rings (SSSR count). The van der Waals surface area contributed by atoms with E-state index < -0.39 is 0 Å². The van der Waals surface area contributed by atoms with E-state index in [1.54, 1.807) is 0 Å². The predicted molar refractivity (Wildman–Crippen MR) is 70.6 cm³/mol. The molecule has 0 heterocycles. The summed E-state index contributed by atoms with van der Waals surface area (Å²) in [5.74, 6) is 1.64. The van der Waals surface area contributed by atoms with Gasteiger partial charge in [0.15, 0.2) is 5.78 Å². The first kappa shape index (κ1) is 11.9. The minimum atomic E-state index is 0.241. The van der Waals surface area contributed by atoms with Crippen LogP contribution in [0.3, 0.4) is 0 Å². The highest BCUT2D eigenvalue weighted by atomic mass is 16.5. The number of aryl methyl sites for hydroxylation is 1. The molecule has 3 unspecified atom stereocenters. The quantitative estimate of drug-likeness (QED) is 0.744. The van der Waals surface area contributed by atoms with Gasteiger partial charge in [-0.25, -0.2) is 0 Å². The molecule has 0 amide bonds. The van der Waals surface area contributed by atoms with E-state index >= 15 is 0 Å². The maximum absolute atomic E-state index is 12.1. The predicted octanol–water partition coefficient (Wildman–Crippen LogP) is 2.96. The molecule has 2 heteroatoms. The van der Waals surface area contributed by atoms with Crippen molar-refractivity contribution in [3.05, 3.63) is 35.4 Å². The van der Waals surface area contributed by atoms with E-state index in [4.69, 9.17) is 4.74 Å². The zero-order chi connectivity index (χ0) is 12.5. The average molecular weight is 244 g/mol. The zero-order valence-electron chi connectivity index (χ0n) is 10.9. The normalized spacial score (nSPS) is 28.4. The van der Waals surface area contributed by atoms with Crippen molar-refractivity contribution in [2.24, 2.45) is 11.8 Å². The molecule has 96 valence electrons. The van der Waals surface area contributed by atoms with Crippen molar-refractivity contribution in [1.29, 1.82) is 0 Å². The SMILES string of the molecule is CCCOCC(=O)C1C2CCc3ccccc3C21. The third kappa shape index (κ3) is 1.99. The van der Waals surface area contributed by atoms with Crippen molar-refractivity contribution in [1.82, 2.24) is 0 Å². The number of hydrogen-bond acceptors (Lipinski definition) is 2. The third-order valence-electron chi connectivity index (χ3n) is 4.29. The van der Waals surface area contributed by atoms with Crippen molar-refractivity contribution < 1.29 is 9.53 Å². The van der Waals surface area contributed by atoms with Gasteiger partial charge in [-0.3, -0.25) is 4.79 Å². The molecule has 2 aliphatic carbocycles. The van der Waals surface area contributed by atoms with Gasteiger partial charge in [0, 0.05) is 12.5 Å². The summed E-state index contributed by atoms with van der Waals surface area (Å²) in [6, 6.07) is 8.60. The minimum Gasteiger partial charge on any atom is -0.374 e. The molecule has 0 aliphatic heterocycles. The maximum Gasteiger partial charge on any atom is 0.162 e. The number of ether oxygens (including phenoxy) is 1. The zero-order valence-corrected chi connectivity index (χ0v) is 10.9. The van der Waals surface area contributed by atoms with E-state index in [-0.39, 0.29) is 5.92 Å². The molecule has 0 spiro atoms. The van der Waals surface area contributed by atoms with Crippen LogP contribution in [0.2, 0.25) is 0 Å². The first-order chi connectivity index (χ1) is 8.83. The van der Waals surface area contributed by atoms with Gasteiger partial charge < -0.3 is 4.74 Å². The van der Waals surface area contributed by atoms with Crippen molar-refractivity contribution in [3.63, 3.8) is 0 Å². The van der Waals surface area contributed by atoms with Crippen LogP contribution in [0.1, 0.15) is 36.8 Å². The second-order valence-electron chi connectivity index (χ2n) is 5.47. The van der Waals surface area contributed by atoms with Gasteiger partial charge in [-0.15, -0.1) is 0 Å². The molecule has 1 aromatic carbocycles. The number of ketones is 1.